The largest absolute Gasteiger partial charge is 0.394 e. The quantitative estimate of drug-likeness (QED) is 0.841. The van der Waals surface area contributed by atoms with E-state index in [1.807, 2.05) is 18.2 Å². The molecule has 0 saturated heterocycles. The Labute approximate surface area is 101 Å². The Hall–Kier alpha value is -0.830. The van der Waals surface area contributed by atoms with Crippen LogP contribution in [0.4, 0.5) is 0 Å². The fraction of sp³-hybridized carbons (Fsp3) is 0.385. The van der Waals surface area contributed by atoms with Gasteiger partial charge >= 0.3 is 0 Å². The maximum atomic E-state index is 9.64. The van der Waals surface area contributed by atoms with Gasteiger partial charge in [0.05, 0.1) is 12.1 Å². The molecule has 86 valence electrons. The first-order valence-electron chi connectivity index (χ1n) is 5.52. The van der Waals surface area contributed by atoms with Gasteiger partial charge in [-0.3, -0.25) is 0 Å². The Balaban J connectivity index is 2.23. The topological polar surface area (TPSA) is 32.3 Å². The molecule has 0 heterocycles. The number of halogens is 1. The van der Waals surface area contributed by atoms with Crippen molar-refractivity contribution in [3.63, 3.8) is 0 Å². The van der Waals surface area contributed by atoms with E-state index in [-0.39, 0.29) is 12.1 Å². The summed E-state index contributed by atoms with van der Waals surface area (Å²) in [6, 6.07) is 8.29. The molecular formula is C13H16ClNO. The number of benzene rings is 1. The average molecular weight is 238 g/mol. The fourth-order valence-electron chi connectivity index (χ4n) is 2.39. The highest BCUT2D eigenvalue weighted by Crippen LogP contribution is 2.36. The van der Waals surface area contributed by atoms with Gasteiger partial charge in [-0.25, -0.2) is 0 Å². The second-order valence-corrected chi connectivity index (χ2v) is 4.39. The van der Waals surface area contributed by atoms with Crippen LogP contribution in [0.5, 0.6) is 0 Å². The molecule has 0 radical (unpaired) electrons. The van der Waals surface area contributed by atoms with E-state index in [1.54, 1.807) is 0 Å². The summed E-state index contributed by atoms with van der Waals surface area (Å²) in [5, 5.41) is 13.0. The smallest absolute Gasteiger partial charge is 0.0677 e. The highest BCUT2D eigenvalue weighted by atomic mass is 35.5. The molecule has 2 N–H and O–H groups in total. The molecule has 2 nitrogen and oxygen atoms in total. The van der Waals surface area contributed by atoms with Gasteiger partial charge in [-0.2, -0.15) is 0 Å². The van der Waals surface area contributed by atoms with E-state index in [2.05, 4.69) is 17.4 Å². The number of aliphatic hydroxyl groups excluding tert-OH is 1. The molecule has 1 aromatic carbocycles. The van der Waals surface area contributed by atoms with Crippen LogP contribution in [0, 0.1) is 0 Å². The minimum absolute atomic E-state index is 0.125. The summed E-state index contributed by atoms with van der Waals surface area (Å²) in [5.41, 5.74) is 3.77. The third-order valence-electron chi connectivity index (χ3n) is 3.27. The van der Waals surface area contributed by atoms with E-state index < -0.39 is 0 Å². The predicted octanol–water partition coefficient (Wildman–Crippen LogP) is 2.16. The van der Waals surface area contributed by atoms with Crippen LogP contribution in [-0.4, -0.2) is 18.3 Å². The van der Waals surface area contributed by atoms with E-state index in [0.717, 1.165) is 12.8 Å². The molecule has 1 aliphatic carbocycles. The molecule has 3 heteroatoms. The SMILES string of the molecule is OCC1(NC/C=C/Cl)CCc2ccccc21. The van der Waals surface area contributed by atoms with Crippen molar-refractivity contribution in [1.82, 2.24) is 5.32 Å². The summed E-state index contributed by atoms with van der Waals surface area (Å²) in [7, 11) is 0. The molecule has 16 heavy (non-hydrogen) atoms. The maximum Gasteiger partial charge on any atom is 0.0677 e. The highest BCUT2D eigenvalue weighted by molar-refractivity contribution is 6.25. The Morgan fingerprint density at radius 1 is 1.44 bits per heavy atom. The molecule has 0 amide bonds. The van der Waals surface area contributed by atoms with Crippen LogP contribution in [0.2, 0.25) is 0 Å². The lowest BCUT2D eigenvalue weighted by molar-refractivity contribution is 0.164. The zero-order valence-corrected chi connectivity index (χ0v) is 9.87. The number of hydrogen-bond donors (Lipinski definition) is 2. The van der Waals surface area contributed by atoms with Gasteiger partial charge in [0.15, 0.2) is 0 Å². The van der Waals surface area contributed by atoms with Gasteiger partial charge in [0.1, 0.15) is 0 Å². The Morgan fingerprint density at radius 3 is 3.00 bits per heavy atom. The first kappa shape index (κ1) is 11.6. The van der Waals surface area contributed by atoms with Gasteiger partial charge in [-0.15, -0.1) is 0 Å². The van der Waals surface area contributed by atoms with E-state index in [4.69, 9.17) is 11.6 Å². The van der Waals surface area contributed by atoms with E-state index >= 15 is 0 Å². The molecule has 0 aromatic heterocycles. The third kappa shape index (κ3) is 2.01. The van der Waals surface area contributed by atoms with Crippen molar-refractivity contribution in [2.24, 2.45) is 0 Å². The maximum absolute atomic E-state index is 9.64. The standard InChI is InChI=1S/C13H16ClNO/c14-8-3-9-15-13(10-16)7-6-11-4-1-2-5-12(11)13/h1-5,8,15-16H,6-7,9-10H2/b8-3+. The lowest BCUT2D eigenvalue weighted by Crippen LogP contribution is -2.43. The molecule has 0 bridgehead atoms. The van der Waals surface area contributed by atoms with Crippen molar-refractivity contribution in [3.05, 3.63) is 47.0 Å². The zero-order chi connectivity index (χ0) is 11.4. The molecule has 1 unspecified atom stereocenters. The number of hydrogen-bond acceptors (Lipinski definition) is 2. The molecule has 1 aliphatic rings. The molecule has 0 fully saturated rings. The molecule has 2 rings (SSSR count). The first-order chi connectivity index (χ1) is 7.82. The van der Waals surface area contributed by atoms with Crippen molar-refractivity contribution in [2.75, 3.05) is 13.2 Å². The first-order valence-corrected chi connectivity index (χ1v) is 5.95. The van der Waals surface area contributed by atoms with Crippen LogP contribution < -0.4 is 5.32 Å². The normalized spacial score (nSPS) is 23.9. The van der Waals surface area contributed by atoms with Crippen molar-refractivity contribution in [3.8, 4) is 0 Å². The van der Waals surface area contributed by atoms with Crippen LogP contribution in [0.15, 0.2) is 35.9 Å². The van der Waals surface area contributed by atoms with Crippen molar-refractivity contribution < 1.29 is 5.11 Å². The van der Waals surface area contributed by atoms with Gasteiger partial charge in [0.25, 0.3) is 0 Å². The molecule has 1 atom stereocenters. The van der Waals surface area contributed by atoms with Crippen LogP contribution in [0.3, 0.4) is 0 Å². The summed E-state index contributed by atoms with van der Waals surface area (Å²) < 4.78 is 0. The summed E-state index contributed by atoms with van der Waals surface area (Å²) in [5.74, 6) is 0. The van der Waals surface area contributed by atoms with Crippen LogP contribution in [-0.2, 0) is 12.0 Å². The van der Waals surface area contributed by atoms with Gasteiger partial charge in [-0.05, 0) is 24.0 Å². The minimum Gasteiger partial charge on any atom is -0.394 e. The number of nitrogens with one attached hydrogen (secondary N) is 1. The minimum atomic E-state index is -0.285. The average Bonchev–Trinajstić information content (AvgIpc) is 2.70. The number of aliphatic hydroxyl groups is 1. The molecule has 0 saturated carbocycles. The van der Waals surface area contributed by atoms with Crippen molar-refractivity contribution in [1.29, 1.82) is 0 Å². The summed E-state index contributed by atoms with van der Waals surface area (Å²) in [6.07, 6.45) is 3.81. The van der Waals surface area contributed by atoms with E-state index in [1.165, 1.54) is 16.7 Å². The predicted molar refractivity (Wildman–Crippen MR) is 66.5 cm³/mol. The van der Waals surface area contributed by atoms with Crippen LogP contribution in [0.1, 0.15) is 17.5 Å². The second kappa shape index (κ2) is 5.00. The van der Waals surface area contributed by atoms with Gasteiger partial charge in [0.2, 0.25) is 0 Å². The van der Waals surface area contributed by atoms with Crippen molar-refractivity contribution in [2.45, 2.75) is 18.4 Å². The Morgan fingerprint density at radius 2 is 2.25 bits per heavy atom. The molecule has 0 spiro atoms. The van der Waals surface area contributed by atoms with Gasteiger partial charge < -0.3 is 10.4 Å². The highest BCUT2D eigenvalue weighted by Gasteiger charge is 2.36. The lowest BCUT2D eigenvalue weighted by Gasteiger charge is -2.29. The molecular weight excluding hydrogens is 222 g/mol. The van der Waals surface area contributed by atoms with E-state index in [9.17, 15) is 5.11 Å². The van der Waals surface area contributed by atoms with Gasteiger partial charge in [0, 0.05) is 12.1 Å². The second-order valence-electron chi connectivity index (χ2n) is 4.14. The third-order valence-corrected chi connectivity index (χ3v) is 3.45. The number of fused-ring (bicyclic) bond motifs is 1. The van der Waals surface area contributed by atoms with Crippen molar-refractivity contribution >= 4 is 11.6 Å². The Kier molecular flexibility index (Phi) is 3.64. The molecule has 1 aromatic rings. The lowest BCUT2D eigenvalue weighted by atomic mass is 9.92. The monoisotopic (exact) mass is 237 g/mol. The molecule has 0 aliphatic heterocycles. The van der Waals surface area contributed by atoms with E-state index in [0.29, 0.717) is 6.54 Å². The van der Waals surface area contributed by atoms with Crippen LogP contribution >= 0.6 is 11.6 Å². The van der Waals surface area contributed by atoms with Crippen LogP contribution in [0.25, 0.3) is 0 Å². The van der Waals surface area contributed by atoms with Gasteiger partial charge in [-0.1, -0.05) is 41.9 Å². The Bertz CT molecular complexity index is 391. The zero-order valence-electron chi connectivity index (χ0n) is 9.12. The number of aryl methyl sites for hydroxylation is 1. The summed E-state index contributed by atoms with van der Waals surface area (Å²) in [4.78, 5) is 0. The number of rotatable bonds is 4. The summed E-state index contributed by atoms with van der Waals surface area (Å²) >= 11 is 5.49. The summed E-state index contributed by atoms with van der Waals surface area (Å²) in [6.45, 7) is 0.804. The fourth-order valence-corrected chi connectivity index (χ4v) is 2.48.